The van der Waals surface area contributed by atoms with Crippen LogP contribution >= 0.6 is 0 Å². The Balaban J connectivity index is 1.20. The van der Waals surface area contributed by atoms with Gasteiger partial charge in [0, 0.05) is 49.7 Å². The van der Waals surface area contributed by atoms with E-state index in [1.165, 1.54) is 54.4 Å². The van der Waals surface area contributed by atoms with Gasteiger partial charge in [0.1, 0.15) is 6.17 Å². The molecule has 10 aromatic rings. The van der Waals surface area contributed by atoms with E-state index >= 15 is 0 Å². The second-order valence-electron chi connectivity index (χ2n) is 13.6. The van der Waals surface area contributed by atoms with Gasteiger partial charge in [0.25, 0.3) is 0 Å². The summed E-state index contributed by atoms with van der Waals surface area (Å²) in [6, 6.07) is 65.5. The third kappa shape index (κ3) is 4.31. The molecule has 0 bridgehead atoms. The van der Waals surface area contributed by atoms with Gasteiger partial charge in [-0.3, -0.25) is 4.99 Å². The largest absolute Gasteiger partial charge is 0.360 e. The maximum atomic E-state index is 5.34. The van der Waals surface area contributed by atoms with Crippen molar-refractivity contribution in [1.82, 2.24) is 9.13 Å². The topological polar surface area (TPSA) is 34.2 Å². The third-order valence-electron chi connectivity index (χ3n) is 10.7. The van der Waals surface area contributed by atoms with Crippen molar-refractivity contribution >= 4 is 65.8 Å². The van der Waals surface area contributed by atoms with Crippen LogP contribution in [0, 0.1) is 0 Å². The lowest BCUT2D eigenvalue weighted by atomic mass is 9.97. The lowest BCUT2D eigenvalue weighted by molar-refractivity contribution is 0.828. The van der Waals surface area contributed by atoms with Crippen LogP contribution in [0.3, 0.4) is 0 Å². The minimum atomic E-state index is -0.174. The smallest absolute Gasteiger partial charge is 0.145 e. The summed E-state index contributed by atoms with van der Waals surface area (Å²) in [5, 5.41) is 11.3. The van der Waals surface area contributed by atoms with Crippen LogP contribution in [0.5, 0.6) is 0 Å². The molecular formula is C48H32N4. The summed E-state index contributed by atoms with van der Waals surface area (Å²) < 4.78 is 4.86. The maximum absolute atomic E-state index is 5.34. The molecule has 4 nitrogen and oxygen atoms in total. The van der Waals surface area contributed by atoms with E-state index < -0.39 is 0 Å². The molecule has 0 amide bonds. The van der Waals surface area contributed by atoms with Crippen molar-refractivity contribution < 1.29 is 0 Å². The molecule has 52 heavy (non-hydrogen) atoms. The van der Waals surface area contributed by atoms with E-state index in [4.69, 9.17) is 4.99 Å². The zero-order chi connectivity index (χ0) is 34.2. The number of nitrogens with one attached hydrogen (secondary N) is 1. The Labute approximate surface area is 300 Å². The summed E-state index contributed by atoms with van der Waals surface area (Å²) >= 11 is 0. The second-order valence-corrected chi connectivity index (χ2v) is 13.6. The average Bonchev–Trinajstić information content (AvgIpc) is 3.72. The lowest BCUT2D eigenvalue weighted by Crippen LogP contribution is -2.21. The minimum absolute atomic E-state index is 0.174. The molecule has 0 fully saturated rings. The van der Waals surface area contributed by atoms with Crippen molar-refractivity contribution in [1.29, 1.82) is 0 Å². The number of aromatic nitrogens is 2. The van der Waals surface area contributed by atoms with Crippen molar-refractivity contribution in [2.24, 2.45) is 4.99 Å². The monoisotopic (exact) mass is 664 g/mol. The van der Waals surface area contributed by atoms with Crippen LogP contribution in [0.1, 0.15) is 22.9 Å². The van der Waals surface area contributed by atoms with Crippen LogP contribution in [-0.4, -0.2) is 14.8 Å². The van der Waals surface area contributed by atoms with Crippen LogP contribution in [0.15, 0.2) is 187 Å². The van der Waals surface area contributed by atoms with Gasteiger partial charge in [0.2, 0.25) is 0 Å². The van der Waals surface area contributed by atoms with Crippen molar-refractivity contribution in [3.8, 4) is 11.4 Å². The van der Waals surface area contributed by atoms with E-state index in [1.54, 1.807) is 0 Å². The van der Waals surface area contributed by atoms with Gasteiger partial charge in [0.05, 0.1) is 27.8 Å². The zero-order valence-corrected chi connectivity index (χ0v) is 28.2. The van der Waals surface area contributed by atoms with E-state index in [1.807, 2.05) is 0 Å². The molecule has 1 aliphatic rings. The van der Waals surface area contributed by atoms with Crippen molar-refractivity contribution in [3.63, 3.8) is 0 Å². The Bertz CT molecular complexity index is 3030. The summed E-state index contributed by atoms with van der Waals surface area (Å²) in [5.74, 6) is 0. The van der Waals surface area contributed by atoms with E-state index in [0.29, 0.717) is 0 Å². The number of anilines is 1. The summed E-state index contributed by atoms with van der Waals surface area (Å²) in [4.78, 5) is 5.34. The van der Waals surface area contributed by atoms with Crippen molar-refractivity contribution in [2.45, 2.75) is 6.17 Å². The van der Waals surface area contributed by atoms with Gasteiger partial charge in [-0.15, -0.1) is 0 Å². The molecule has 0 aliphatic carbocycles. The molecule has 1 atom stereocenters. The summed E-state index contributed by atoms with van der Waals surface area (Å²) in [6.45, 7) is 0. The van der Waals surface area contributed by atoms with Crippen LogP contribution in [0.25, 0.3) is 65.8 Å². The van der Waals surface area contributed by atoms with E-state index in [2.05, 4.69) is 196 Å². The first-order chi connectivity index (χ1) is 25.8. The van der Waals surface area contributed by atoms with E-state index in [0.717, 1.165) is 39.5 Å². The Morgan fingerprint density at radius 3 is 1.94 bits per heavy atom. The van der Waals surface area contributed by atoms with Gasteiger partial charge >= 0.3 is 0 Å². The number of rotatable bonds is 4. The molecule has 0 radical (unpaired) electrons. The Morgan fingerprint density at radius 2 is 1.12 bits per heavy atom. The quantitative estimate of drug-likeness (QED) is 0.200. The summed E-state index contributed by atoms with van der Waals surface area (Å²) in [6.07, 6.45) is -0.174. The Kier molecular flexibility index (Phi) is 6.28. The molecule has 0 saturated heterocycles. The van der Waals surface area contributed by atoms with Gasteiger partial charge in [-0.1, -0.05) is 127 Å². The van der Waals surface area contributed by atoms with Crippen molar-refractivity contribution in [3.05, 3.63) is 199 Å². The molecule has 1 aliphatic heterocycles. The highest BCUT2D eigenvalue weighted by Gasteiger charge is 2.25. The average molecular weight is 665 g/mol. The van der Waals surface area contributed by atoms with Gasteiger partial charge in [-0.25, -0.2) is 0 Å². The molecule has 2 aromatic heterocycles. The molecule has 11 rings (SSSR count). The molecule has 4 heteroatoms. The molecule has 0 saturated carbocycles. The van der Waals surface area contributed by atoms with Gasteiger partial charge in [-0.2, -0.15) is 0 Å². The number of hydrogen-bond acceptors (Lipinski definition) is 2. The third-order valence-corrected chi connectivity index (χ3v) is 10.7. The minimum Gasteiger partial charge on any atom is -0.360 e. The fourth-order valence-corrected chi connectivity index (χ4v) is 8.37. The molecule has 244 valence electrons. The highest BCUT2D eigenvalue weighted by Crippen LogP contribution is 2.42. The predicted molar refractivity (Wildman–Crippen MR) is 218 cm³/mol. The van der Waals surface area contributed by atoms with E-state index in [-0.39, 0.29) is 6.17 Å². The molecule has 3 heterocycles. The lowest BCUT2D eigenvalue weighted by Gasteiger charge is -2.27. The van der Waals surface area contributed by atoms with Crippen LogP contribution in [0.4, 0.5) is 5.69 Å². The Hall–Kier alpha value is -6.91. The molecule has 8 aromatic carbocycles. The fourth-order valence-electron chi connectivity index (χ4n) is 8.37. The number of fused-ring (bicyclic) bond motifs is 9. The number of para-hydroxylation sites is 2. The summed E-state index contributed by atoms with van der Waals surface area (Å²) in [7, 11) is 0. The molecular weight excluding hydrogens is 633 g/mol. The maximum Gasteiger partial charge on any atom is 0.145 e. The molecule has 1 unspecified atom stereocenters. The fraction of sp³-hybridized carbons (Fsp3) is 0.0208. The normalized spacial score (nSPS) is 14.2. The van der Waals surface area contributed by atoms with Crippen molar-refractivity contribution in [2.75, 3.05) is 5.32 Å². The van der Waals surface area contributed by atoms with E-state index in [9.17, 15) is 0 Å². The zero-order valence-electron chi connectivity index (χ0n) is 28.2. The number of nitrogens with zero attached hydrogens (tertiary/aromatic N) is 3. The standard InChI is InChI=1S/C48H32N4/c1-4-15-32(16-5-1)47-39-28-35(25-26-41(39)49-48(50-47)33-17-6-2-7-18-33)52-42-23-13-12-22-37(42)38-29-40-45(30-44(38)52)51(34-19-8-3-9-20-34)43-27-24-31-14-10-11-21-36(31)46(40)43/h1-30,48-49H. The first kappa shape index (κ1) is 28.9. The number of aliphatic imine (C=N–C) groups is 1. The van der Waals surface area contributed by atoms with Gasteiger partial charge in [0.15, 0.2) is 0 Å². The highest BCUT2D eigenvalue weighted by atomic mass is 15.1. The first-order valence-electron chi connectivity index (χ1n) is 17.8. The van der Waals surface area contributed by atoms with Gasteiger partial charge < -0.3 is 14.5 Å². The second kappa shape index (κ2) is 11.3. The van der Waals surface area contributed by atoms with Crippen LogP contribution < -0.4 is 5.32 Å². The molecule has 0 spiro atoms. The predicted octanol–water partition coefficient (Wildman–Crippen LogP) is 12.0. The van der Waals surface area contributed by atoms with Crippen LogP contribution in [-0.2, 0) is 0 Å². The molecule has 1 N–H and O–H groups in total. The number of hydrogen-bond donors (Lipinski definition) is 1. The Morgan fingerprint density at radius 1 is 0.442 bits per heavy atom. The van der Waals surface area contributed by atoms with Gasteiger partial charge in [-0.05, 0) is 70.9 Å². The highest BCUT2D eigenvalue weighted by molar-refractivity contribution is 6.25. The SMILES string of the molecule is c1ccc(C2=NC(c3ccccc3)Nc3ccc(-n4c5ccccc5c5cc6c7c8ccccc8ccc7n(-c7ccccc7)c6cc54)cc32)cc1. The van der Waals surface area contributed by atoms with Crippen LogP contribution in [0.2, 0.25) is 0 Å². The number of benzene rings is 8. The first-order valence-corrected chi connectivity index (χ1v) is 17.8. The summed E-state index contributed by atoms with van der Waals surface area (Å²) in [5.41, 5.74) is 12.4.